The maximum Gasteiger partial charge on any atom is 0.244 e. The lowest BCUT2D eigenvalue weighted by molar-refractivity contribution is -0.122. The van der Waals surface area contributed by atoms with Gasteiger partial charge in [-0.2, -0.15) is 0 Å². The summed E-state index contributed by atoms with van der Waals surface area (Å²) < 4.78 is 0. The monoisotopic (exact) mass is 245 g/mol. The van der Waals surface area contributed by atoms with Gasteiger partial charge in [-0.1, -0.05) is 25.0 Å². The summed E-state index contributed by atoms with van der Waals surface area (Å²) in [7, 11) is 0. The molecule has 4 nitrogen and oxygen atoms in total. The predicted molar refractivity (Wildman–Crippen MR) is 72.7 cm³/mol. The minimum Gasteiger partial charge on any atom is -0.381 e. The van der Waals surface area contributed by atoms with Gasteiger partial charge in [0, 0.05) is 12.6 Å². The Morgan fingerprint density at radius 2 is 1.89 bits per heavy atom. The summed E-state index contributed by atoms with van der Waals surface area (Å²) >= 11 is 0. The van der Waals surface area contributed by atoms with Gasteiger partial charge in [0.25, 0.3) is 0 Å². The van der Waals surface area contributed by atoms with Gasteiger partial charge in [0.05, 0.1) is 11.4 Å². The third kappa shape index (κ3) is 2.28. The van der Waals surface area contributed by atoms with Crippen molar-refractivity contribution in [2.75, 3.05) is 17.2 Å². The van der Waals surface area contributed by atoms with Gasteiger partial charge < -0.3 is 16.0 Å². The molecule has 0 radical (unpaired) electrons. The first-order valence-corrected chi connectivity index (χ1v) is 6.73. The molecule has 0 spiro atoms. The van der Waals surface area contributed by atoms with Crippen molar-refractivity contribution in [1.29, 1.82) is 0 Å². The van der Waals surface area contributed by atoms with E-state index in [4.69, 9.17) is 0 Å². The molecule has 1 atom stereocenters. The number of hydrogen-bond acceptors (Lipinski definition) is 3. The molecule has 4 heteroatoms. The van der Waals surface area contributed by atoms with E-state index in [0.29, 0.717) is 12.6 Å². The average molecular weight is 245 g/mol. The van der Waals surface area contributed by atoms with Gasteiger partial charge in [0.1, 0.15) is 6.04 Å². The first-order chi connectivity index (χ1) is 8.83. The van der Waals surface area contributed by atoms with E-state index in [-0.39, 0.29) is 11.9 Å². The van der Waals surface area contributed by atoms with Gasteiger partial charge in [-0.15, -0.1) is 0 Å². The van der Waals surface area contributed by atoms with Crippen LogP contribution in [0, 0.1) is 0 Å². The molecule has 2 aliphatic rings. The summed E-state index contributed by atoms with van der Waals surface area (Å²) in [6, 6.07) is 8.21. The molecule has 1 fully saturated rings. The predicted octanol–water partition coefficient (Wildman–Crippen LogP) is 1.95. The highest BCUT2D eigenvalue weighted by atomic mass is 16.2. The Bertz CT molecular complexity index is 440. The zero-order valence-corrected chi connectivity index (χ0v) is 10.4. The molecule has 0 bridgehead atoms. The van der Waals surface area contributed by atoms with Crippen LogP contribution in [0.15, 0.2) is 24.3 Å². The van der Waals surface area contributed by atoms with Crippen molar-refractivity contribution in [2.45, 2.75) is 37.8 Å². The SMILES string of the molecule is O=C(NC1CCCC1)C1CNc2ccccc2N1. The Labute approximate surface area is 107 Å². The van der Waals surface area contributed by atoms with Crippen molar-refractivity contribution in [3.63, 3.8) is 0 Å². The van der Waals surface area contributed by atoms with Crippen molar-refractivity contribution in [2.24, 2.45) is 0 Å². The zero-order chi connectivity index (χ0) is 12.4. The van der Waals surface area contributed by atoms with Crippen molar-refractivity contribution in [3.8, 4) is 0 Å². The summed E-state index contributed by atoms with van der Waals surface area (Å²) in [4.78, 5) is 12.2. The standard InChI is InChI=1S/C14H19N3O/c18-14(16-10-5-1-2-6-10)13-9-15-11-7-3-4-8-12(11)17-13/h3-4,7-8,10,13,15,17H,1-2,5-6,9H2,(H,16,18). The molecule has 3 N–H and O–H groups in total. The van der Waals surface area contributed by atoms with Crippen molar-refractivity contribution in [1.82, 2.24) is 5.32 Å². The number of nitrogens with one attached hydrogen (secondary N) is 3. The zero-order valence-electron chi connectivity index (χ0n) is 10.4. The number of carbonyl (C=O) groups is 1. The van der Waals surface area contributed by atoms with E-state index < -0.39 is 0 Å². The van der Waals surface area contributed by atoms with Gasteiger partial charge in [-0.3, -0.25) is 4.79 Å². The lowest BCUT2D eigenvalue weighted by Gasteiger charge is -2.28. The summed E-state index contributed by atoms with van der Waals surface area (Å²) in [6.45, 7) is 0.648. The van der Waals surface area contributed by atoms with Crippen LogP contribution in [0.5, 0.6) is 0 Å². The maximum atomic E-state index is 12.2. The van der Waals surface area contributed by atoms with Crippen LogP contribution >= 0.6 is 0 Å². The molecule has 3 rings (SSSR count). The fraction of sp³-hybridized carbons (Fsp3) is 0.500. The van der Waals surface area contributed by atoms with Crippen LogP contribution in [0.3, 0.4) is 0 Å². The largest absolute Gasteiger partial charge is 0.381 e. The molecule has 18 heavy (non-hydrogen) atoms. The molecule has 1 aromatic rings. The van der Waals surface area contributed by atoms with E-state index >= 15 is 0 Å². The summed E-state index contributed by atoms with van der Waals surface area (Å²) in [6.07, 6.45) is 4.74. The second kappa shape index (κ2) is 4.88. The summed E-state index contributed by atoms with van der Waals surface area (Å²) in [5.41, 5.74) is 2.08. The van der Waals surface area contributed by atoms with Crippen molar-refractivity contribution < 1.29 is 4.79 Å². The van der Waals surface area contributed by atoms with Gasteiger partial charge in [0.15, 0.2) is 0 Å². The lowest BCUT2D eigenvalue weighted by atomic mass is 10.1. The molecule has 1 aromatic carbocycles. The summed E-state index contributed by atoms with van der Waals surface area (Å²) in [5, 5.41) is 9.73. The van der Waals surface area contributed by atoms with E-state index in [0.717, 1.165) is 24.2 Å². The van der Waals surface area contributed by atoms with Crippen LogP contribution in [-0.2, 0) is 4.79 Å². The molecule has 1 unspecified atom stereocenters. The molecule has 1 saturated carbocycles. The number of amides is 1. The molecular weight excluding hydrogens is 226 g/mol. The normalized spacial score (nSPS) is 22.8. The minimum atomic E-state index is -0.166. The molecule has 1 heterocycles. The number of hydrogen-bond donors (Lipinski definition) is 3. The van der Waals surface area contributed by atoms with Crippen LogP contribution in [0.25, 0.3) is 0 Å². The Balaban J connectivity index is 1.62. The van der Waals surface area contributed by atoms with Crippen LogP contribution < -0.4 is 16.0 Å². The third-order valence-corrected chi connectivity index (χ3v) is 3.77. The van der Waals surface area contributed by atoms with Gasteiger partial charge in [0.2, 0.25) is 5.91 Å². The average Bonchev–Trinajstić information content (AvgIpc) is 2.91. The number of carbonyl (C=O) groups excluding carboxylic acids is 1. The van der Waals surface area contributed by atoms with Crippen LogP contribution in [-0.4, -0.2) is 24.5 Å². The Kier molecular flexibility index (Phi) is 3.09. The first-order valence-electron chi connectivity index (χ1n) is 6.73. The van der Waals surface area contributed by atoms with Crippen molar-refractivity contribution in [3.05, 3.63) is 24.3 Å². The maximum absolute atomic E-state index is 12.2. The highest BCUT2D eigenvalue weighted by Crippen LogP contribution is 2.25. The van der Waals surface area contributed by atoms with Crippen LogP contribution in [0.2, 0.25) is 0 Å². The molecule has 1 aliphatic heterocycles. The smallest absolute Gasteiger partial charge is 0.244 e. The van der Waals surface area contributed by atoms with E-state index in [1.165, 1.54) is 12.8 Å². The number of anilines is 2. The Morgan fingerprint density at radius 3 is 2.67 bits per heavy atom. The molecule has 96 valence electrons. The molecule has 0 saturated heterocycles. The Morgan fingerprint density at radius 1 is 1.17 bits per heavy atom. The number of rotatable bonds is 2. The lowest BCUT2D eigenvalue weighted by Crippen LogP contribution is -2.48. The number of benzene rings is 1. The molecule has 1 aliphatic carbocycles. The Hall–Kier alpha value is -1.71. The summed E-state index contributed by atoms with van der Waals surface area (Å²) in [5.74, 6) is 0.115. The van der Waals surface area contributed by atoms with Crippen LogP contribution in [0.4, 0.5) is 11.4 Å². The molecule has 1 amide bonds. The second-order valence-corrected chi connectivity index (χ2v) is 5.11. The highest BCUT2D eigenvalue weighted by Gasteiger charge is 2.26. The molecular formula is C14H19N3O. The second-order valence-electron chi connectivity index (χ2n) is 5.11. The van der Waals surface area contributed by atoms with E-state index in [1.54, 1.807) is 0 Å². The first kappa shape index (κ1) is 11.4. The van der Waals surface area contributed by atoms with Gasteiger partial charge >= 0.3 is 0 Å². The minimum absolute atomic E-state index is 0.115. The van der Waals surface area contributed by atoms with Gasteiger partial charge in [-0.05, 0) is 25.0 Å². The quantitative estimate of drug-likeness (QED) is 0.746. The molecule has 0 aromatic heterocycles. The highest BCUT2D eigenvalue weighted by molar-refractivity contribution is 5.88. The van der Waals surface area contributed by atoms with Crippen molar-refractivity contribution >= 4 is 17.3 Å². The van der Waals surface area contributed by atoms with Gasteiger partial charge in [-0.25, -0.2) is 0 Å². The number of para-hydroxylation sites is 2. The van der Waals surface area contributed by atoms with E-state index in [1.807, 2.05) is 24.3 Å². The van der Waals surface area contributed by atoms with E-state index in [9.17, 15) is 4.79 Å². The van der Waals surface area contributed by atoms with Crippen LogP contribution in [0.1, 0.15) is 25.7 Å². The fourth-order valence-electron chi connectivity index (χ4n) is 2.74. The fourth-order valence-corrected chi connectivity index (χ4v) is 2.74. The van der Waals surface area contributed by atoms with E-state index in [2.05, 4.69) is 16.0 Å². The third-order valence-electron chi connectivity index (χ3n) is 3.77. The topological polar surface area (TPSA) is 53.2 Å². The number of fused-ring (bicyclic) bond motifs is 1.